The first kappa shape index (κ1) is 23.3. The summed E-state index contributed by atoms with van der Waals surface area (Å²) < 4.78 is 5.90. The normalized spacial score (nSPS) is 21.5. The predicted molar refractivity (Wildman–Crippen MR) is 130 cm³/mol. The number of carboxylic acid groups (broad SMARTS) is 1. The molecule has 6 heteroatoms. The van der Waals surface area contributed by atoms with Crippen LogP contribution in [0.4, 0.5) is 11.4 Å². The predicted octanol–water partition coefficient (Wildman–Crippen LogP) is 4.76. The van der Waals surface area contributed by atoms with Gasteiger partial charge in [0.25, 0.3) is 0 Å². The van der Waals surface area contributed by atoms with Crippen LogP contribution in [0.1, 0.15) is 55.7 Å². The molecule has 1 saturated carbocycles. The molecule has 4 rings (SSSR count). The molecule has 2 fully saturated rings. The quantitative estimate of drug-likeness (QED) is 0.606. The highest BCUT2D eigenvalue weighted by atomic mass is 16.5. The fourth-order valence-corrected chi connectivity index (χ4v) is 4.86. The van der Waals surface area contributed by atoms with Crippen LogP contribution in [0.25, 0.3) is 0 Å². The standard InChI is InChI=1S/C27H34N2O4/c1-17-4-6-20(7-5-17)12-26(30)28-24-13-22(23(14-27(31)32)21-8-9-21)10-11-25(24)29-15-18(2)33-19(3)16-29/h4-7,10-11,13,18-19,21,23H,8-9,12,14-16H2,1-3H3,(H,28,30)(H,31,32)/t18-,19+,23?. The summed E-state index contributed by atoms with van der Waals surface area (Å²) in [6.45, 7) is 7.63. The van der Waals surface area contributed by atoms with E-state index in [0.717, 1.165) is 54.0 Å². The average Bonchev–Trinajstić information content (AvgIpc) is 3.58. The van der Waals surface area contributed by atoms with Crippen LogP contribution in [0.3, 0.4) is 0 Å². The molecule has 1 amide bonds. The molecule has 1 heterocycles. The summed E-state index contributed by atoms with van der Waals surface area (Å²) >= 11 is 0. The number of anilines is 2. The van der Waals surface area contributed by atoms with E-state index < -0.39 is 5.97 Å². The lowest BCUT2D eigenvalue weighted by Crippen LogP contribution is -2.45. The van der Waals surface area contributed by atoms with Crippen molar-refractivity contribution < 1.29 is 19.4 Å². The summed E-state index contributed by atoms with van der Waals surface area (Å²) in [6, 6.07) is 14.1. The number of ether oxygens (including phenoxy) is 1. The zero-order valence-electron chi connectivity index (χ0n) is 19.7. The van der Waals surface area contributed by atoms with Gasteiger partial charge in [-0.2, -0.15) is 0 Å². The van der Waals surface area contributed by atoms with Crippen molar-refractivity contribution in [2.45, 2.75) is 64.6 Å². The smallest absolute Gasteiger partial charge is 0.303 e. The number of amides is 1. The van der Waals surface area contributed by atoms with Gasteiger partial charge in [0.15, 0.2) is 0 Å². The Hall–Kier alpha value is -2.86. The highest BCUT2D eigenvalue weighted by molar-refractivity contribution is 5.96. The minimum atomic E-state index is -0.781. The van der Waals surface area contributed by atoms with Crippen LogP contribution < -0.4 is 10.2 Å². The molecule has 1 unspecified atom stereocenters. The Bertz CT molecular complexity index is 990. The Morgan fingerprint density at radius 3 is 2.36 bits per heavy atom. The maximum absolute atomic E-state index is 13.0. The van der Waals surface area contributed by atoms with Crippen LogP contribution in [0.15, 0.2) is 42.5 Å². The Labute approximate surface area is 195 Å². The SMILES string of the molecule is Cc1ccc(CC(=O)Nc2cc(C(CC(=O)O)C3CC3)ccc2N2C[C@@H](C)O[C@@H](C)C2)cc1. The number of benzene rings is 2. The fraction of sp³-hybridized carbons (Fsp3) is 0.481. The van der Waals surface area contributed by atoms with E-state index in [2.05, 4.69) is 24.1 Å². The number of nitrogens with one attached hydrogen (secondary N) is 1. The summed E-state index contributed by atoms with van der Waals surface area (Å²) in [5, 5.41) is 12.6. The lowest BCUT2D eigenvalue weighted by molar-refractivity contribution is -0.137. The highest BCUT2D eigenvalue weighted by Crippen LogP contribution is 2.46. The van der Waals surface area contributed by atoms with Crippen molar-refractivity contribution in [2.75, 3.05) is 23.3 Å². The van der Waals surface area contributed by atoms with Gasteiger partial charge in [-0.3, -0.25) is 9.59 Å². The second-order valence-corrected chi connectivity index (χ2v) is 9.69. The Morgan fingerprint density at radius 1 is 1.09 bits per heavy atom. The number of carboxylic acids is 1. The fourth-order valence-electron chi connectivity index (χ4n) is 4.86. The lowest BCUT2D eigenvalue weighted by Gasteiger charge is -2.38. The van der Waals surface area contributed by atoms with E-state index in [-0.39, 0.29) is 30.5 Å². The molecule has 0 aromatic heterocycles. The van der Waals surface area contributed by atoms with Gasteiger partial charge >= 0.3 is 5.97 Å². The molecule has 2 aliphatic rings. The van der Waals surface area contributed by atoms with Crippen LogP contribution in [-0.4, -0.2) is 42.3 Å². The van der Waals surface area contributed by atoms with E-state index in [1.165, 1.54) is 0 Å². The monoisotopic (exact) mass is 450 g/mol. The van der Waals surface area contributed by atoms with Crippen molar-refractivity contribution >= 4 is 23.3 Å². The molecule has 0 spiro atoms. The molecule has 6 nitrogen and oxygen atoms in total. The Kier molecular flexibility index (Phi) is 7.03. The molecule has 2 aromatic rings. The van der Waals surface area contributed by atoms with Gasteiger partial charge in [0.05, 0.1) is 36.4 Å². The van der Waals surface area contributed by atoms with Gasteiger partial charge in [-0.15, -0.1) is 0 Å². The van der Waals surface area contributed by atoms with Gasteiger partial charge in [-0.05, 0) is 68.7 Å². The van der Waals surface area contributed by atoms with Gasteiger partial charge in [-0.1, -0.05) is 35.9 Å². The number of rotatable bonds is 8. The number of aliphatic carboxylic acids is 1. The number of carbonyl (C=O) groups is 2. The molecular formula is C27H34N2O4. The molecule has 1 aliphatic carbocycles. The van der Waals surface area contributed by atoms with E-state index in [1.807, 2.05) is 49.4 Å². The molecule has 1 aliphatic heterocycles. The lowest BCUT2D eigenvalue weighted by atomic mass is 9.90. The van der Waals surface area contributed by atoms with Crippen molar-refractivity contribution in [3.8, 4) is 0 Å². The van der Waals surface area contributed by atoms with Gasteiger partial charge < -0.3 is 20.1 Å². The summed E-state index contributed by atoms with van der Waals surface area (Å²) in [5.41, 5.74) is 4.83. The third-order valence-corrected chi connectivity index (χ3v) is 6.55. The second-order valence-electron chi connectivity index (χ2n) is 9.69. The minimum Gasteiger partial charge on any atom is -0.481 e. The molecule has 3 atom stereocenters. The third kappa shape index (κ3) is 6.14. The molecule has 33 heavy (non-hydrogen) atoms. The van der Waals surface area contributed by atoms with Crippen LogP contribution in [0.2, 0.25) is 0 Å². The van der Waals surface area contributed by atoms with E-state index in [4.69, 9.17) is 4.74 Å². The maximum Gasteiger partial charge on any atom is 0.303 e. The number of carbonyl (C=O) groups excluding carboxylic acids is 1. The average molecular weight is 451 g/mol. The van der Waals surface area contributed by atoms with E-state index in [1.54, 1.807) is 0 Å². The highest BCUT2D eigenvalue weighted by Gasteiger charge is 2.34. The number of aryl methyl sites for hydroxylation is 1. The van der Waals surface area contributed by atoms with Crippen LogP contribution in [0, 0.1) is 12.8 Å². The summed E-state index contributed by atoms with van der Waals surface area (Å²) in [7, 11) is 0. The van der Waals surface area contributed by atoms with Crippen molar-refractivity contribution in [3.05, 3.63) is 59.2 Å². The molecule has 2 aromatic carbocycles. The third-order valence-electron chi connectivity index (χ3n) is 6.55. The summed E-state index contributed by atoms with van der Waals surface area (Å²) in [6.07, 6.45) is 2.72. The van der Waals surface area contributed by atoms with E-state index in [0.29, 0.717) is 12.3 Å². The zero-order valence-corrected chi connectivity index (χ0v) is 19.7. The summed E-state index contributed by atoms with van der Waals surface area (Å²) in [4.78, 5) is 26.7. The van der Waals surface area contributed by atoms with Gasteiger partial charge in [0, 0.05) is 13.1 Å². The van der Waals surface area contributed by atoms with Gasteiger partial charge in [-0.25, -0.2) is 0 Å². The first-order chi connectivity index (χ1) is 15.8. The molecule has 1 saturated heterocycles. The number of hydrogen-bond donors (Lipinski definition) is 2. The number of hydrogen-bond acceptors (Lipinski definition) is 4. The van der Waals surface area contributed by atoms with Crippen molar-refractivity contribution in [1.29, 1.82) is 0 Å². The van der Waals surface area contributed by atoms with Gasteiger partial charge in [0.1, 0.15) is 0 Å². The maximum atomic E-state index is 13.0. The van der Waals surface area contributed by atoms with Crippen molar-refractivity contribution in [1.82, 2.24) is 0 Å². The summed E-state index contributed by atoms with van der Waals surface area (Å²) in [5.74, 6) is -0.470. The Morgan fingerprint density at radius 2 is 1.76 bits per heavy atom. The van der Waals surface area contributed by atoms with Crippen LogP contribution >= 0.6 is 0 Å². The molecular weight excluding hydrogens is 416 g/mol. The molecule has 0 bridgehead atoms. The molecule has 0 radical (unpaired) electrons. The Balaban J connectivity index is 1.62. The van der Waals surface area contributed by atoms with Crippen LogP contribution in [-0.2, 0) is 20.7 Å². The first-order valence-corrected chi connectivity index (χ1v) is 11.9. The van der Waals surface area contributed by atoms with E-state index in [9.17, 15) is 14.7 Å². The molecule has 176 valence electrons. The van der Waals surface area contributed by atoms with Crippen LogP contribution in [0.5, 0.6) is 0 Å². The van der Waals surface area contributed by atoms with Crippen molar-refractivity contribution in [3.63, 3.8) is 0 Å². The molecule has 2 N–H and O–H groups in total. The zero-order chi connectivity index (χ0) is 23.5. The first-order valence-electron chi connectivity index (χ1n) is 11.9. The van der Waals surface area contributed by atoms with Crippen molar-refractivity contribution in [2.24, 2.45) is 5.92 Å². The number of nitrogens with zero attached hydrogens (tertiary/aromatic N) is 1. The van der Waals surface area contributed by atoms with Gasteiger partial charge in [0.2, 0.25) is 5.91 Å². The van der Waals surface area contributed by atoms with E-state index >= 15 is 0 Å². The number of morpholine rings is 1. The largest absolute Gasteiger partial charge is 0.481 e. The minimum absolute atomic E-state index is 0.0214. The second kappa shape index (κ2) is 9.96. The topological polar surface area (TPSA) is 78.9 Å².